The van der Waals surface area contributed by atoms with Crippen molar-refractivity contribution in [1.82, 2.24) is 4.72 Å². The Labute approximate surface area is 96.2 Å². The van der Waals surface area contributed by atoms with Crippen LogP contribution in [0.5, 0.6) is 0 Å². The van der Waals surface area contributed by atoms with Gasteiger partial charge in [-0.3, -0.25) is 0 Å². The molecule has 0 fully saturated rings. The van der Waals surface area contributed by atoms with Gasteiger partial charge in [0.05, 0.1) is 5.75 Å². The van der Waals surface area contributed by atoms with Crippen molar-refractivity contribution in [2.45, 2.75) is 13.1 Å². The van der Waals surface area contributed by atoms with Crippen molar-refractivity contribution in [2.24, 2.45) is 5.73 Å². The summed E-state index contributed by atoms with van der Waals surface area (Å²) in [6.07, 6.45) is 1.36. The normalized spacial score (nSPS) is 11.3. The molecule has 3 N–H and O–H groups in total. The fraction of sp³-hybridized carbons (Fsp3) is 0.273. The molecule has 1 aromatic carbocycles. The van der Waals surface area contributed by atoms with E-state index in [9.17, 15) is 8.42 Å². The number of hydrogen-bond donors (Lipinski definition) is 2. The Hall–Kier alpha value is -1.17. The van der Waals surface area contributed by atoms with Crippen molar-refractivity contribution in [3.05, 3.63) is 48.0 Å². The van der Waals surface area contributed by atoms with Crippen molar-refractivity contribution in [3.63, 3.8) is 0 Å². The highest BCUT2D eigenvalue weighted by Crippen LogP contribution is 2.03. The number of sulfonamides is 1. The second-order valence-corrected chi connectivity index (χ2v) is 5.26. The molecule has 16 heavy (non-hydrogen) atoms. The zero-order valence-electron chi connectivity index (χ0n) is 9.02. The maximum absolute atomic E-state index is 11.3. The van der Waals surface area contributed by atoms with Gasteiger partial charge in [0.25, 0.3) is 0 Å². The molecule has 0 atom stereocenters. The third kappa shape index (κ3) is 4.14. The minimum atomic E-state index is -3.24. The van der Waals surface area contributed by atoms with Gasteiger partial charge >= 0.3 is 0 Å². The molecule has 0 heterocycles. The summed E-state index contributed by atoms with van der Waals surface area (Å²) in [4.78, 5) is 0. The first kappa shape index (κ1) is 12.9. The lowest BCUT2D eigenvalue weighted by Gasteiger charge is -2.05. The van der Waals surface area contributed by atoms with E-state index >= 15 is 0 Å². The third-order valence-electron chi connectivity index (χ3n) is 2.09. The summed E-state index contributed by atoms with van der Waals surface area (Å²) in [5.41, 5.74) is 7.39. The van der Waals surface area contributed by atoms with Gasteiger partial charge < -0.3 is 5.73 Å². The first-order valence-corrected chi connectivity index (χ1v) is 6.59. The second-order valence-electron chi connectivity index (χ2n) is 3.41. The Kier molecular flexibility index (Phi) is 4.67. The highest BCUT2D eigenvalue weighted by atomic mass is 32.2. The second kappa shape index (κ2) is 5.79. The van der Waals surface area contributed by atoms with Crippen molar-refractivity contribution in [1.29, 1.82) is 0 Å². The number of hydrogen-bond acceptors (Lipinski definition) is 3. The van der Waals surface area contributed by atoms with Gasteiger partial charge in [-0.1, -0.05) is 30.3 Å². The summed E-state index contributed by atoms with van der Waals surface area (Å²) in [7, 11) is -3.24. The van der Waals surface area contributed by atoms with Crippen LogP contribution in [-0.4, -0.2) is 14.2 Å². The first-order chi connectivity index (χ1) is 7.57. The highest BCUT2D eigenvalue weighted by Gasteiger charge is 2.06. The molecule has 0 aromatic heterocycles. The number of rotatable bonds is 6. The maximum Gasteiger partial charge on any atom is 0.215 e. The Morgan fingerprint density at radius 1 is 1.25 bits per heavy atom. The summed E-state index contributed by atoms with van der Waals surface area (Å²) < 4.78 is 25.1. The standard InChI is InChI=1S/C11H16N2O2S/c1-2-7-16(14,15)13-9-11-5-3-10(8-12)4-6-11/h2-6,13H,1,7-9,12H2. The molecule has 0 saturated heterocycles. The average Bonchev–Trinajstić information content (AvgIpc) is 2.27. The van der Waals surface area contributed by atoms with Gasteiger partial charge in [0.15, 0.2) is 0 Å². The van der Waals surface area contributed by atoms with Crippen molar-refractivity contribution in [2.75, 3.05) is 5.75 Å². The molecular formula is C11H16N2O2S. The summed E-state index contributed by atoms with van der Waals surface area (Å²) in [6.45, 7) is 4.17. The lowest BCUT2D eigenvalue weighted by molar-refractivity contribution is 0.584. The summed E-state index contributed by atoms with van der Waals surface area (Å²) in [5.74, 6) is -0.0616. The fourth-order valence-corrected chi connectivity index (χ4v) is 2.02. The summed E-state index contributed by atoms with van der Waals surface area (Å²) in [5, 5.41) is 0. The minimum absolute atomic E-state index is 0.0616. The highest BCUT2D eigenvalue weighted by molar-refractivity contribution is 7.89. The van der Waals surface area contributed by atoms with Gasteiger partial charge in [0.1, 0.15) is 0 Å². The average molecular weight is 240 g/mol. The smallest absolute Gasteiger partial charge is 0.215 e. The predicted octanol–water partition coefficient (Wildman–Crippen LogP) is 0.751. The summed E-state index contributed by atoms with van der Waals surface area (Å²) in [6, 6.07) is 7.49. The molecule has 5 heteroatoms. The molecule has 0 aliphatic carbocycles. The Bertz CT molecular complexity index is 438. The molecule has 0 aliphatic heterocycles. The molecule has 0 bridgehead atoms. The molecule has 0 unspecified atom stereocenters. The fourth-order valence-electron chi connectivity index (χ4n) is 1.20. The molecule has 0 spiro atoms. The molecular weight excluding hydrogens is 224 g/mol. The van der Waals surface area contributed by atoms with Gasteiger partial charge in [-0.15, -0.1) is 6.58 Å². The topological polar surface area (TPSA) is 72.2 Å². The Morgan fingerprint density at radius 3 is 2.31 bits per heavy atom. The van der Waals surface area contributed by atoms with E-state index in [0.29, 0.717) is 13.1 Å². The molecule has 1 aromatic rings. The van der Waals surface area contributed by atoms with E-state index in [4.69, 9.17) is 5.73 Å². The zero-order chi connectivity index (χ0) is 12.0. The lowest BCUT2D eigenvalue weighted by Crippen LogP contribution is -2.25. The van der Waals surface area contributed by atoms with Crippen LogP contribution in [0.2, 0.25) is 0 Å². The quantitative estimate of drug-likeness (QED) is 0.721. The van der Waals surface area contributed by atoms with Gasteiger partial charge in [-0.05, 0) is 11.1 Å². The van der Waals surface area contributed by atoms with Gasteiger partial charge in [0.2, 0.25) is 10.0 Å². The molecule has 0 aliphatic rings. The van der Waals surface area contributed by atoms with E-state index in [1.165, 1.54) is 6.08 Å². The summed E-state index contributed by atoms with van der Waals surface area (Å²) >= 11 is 0. The maximum atomic E-state index is 11.3. The predicted molar refractivity (Wildman–Crippen MR) is 65.2 cm³/mol. The Morgan fingerprint density at radius 2 is 1.81 bits per heavy atom. The van der Waals surface area contributed by atoms with Crippen LogP contribution in [0.4, 0.5) is 0 Å². The van der Waals surface area contributed by atoms with Crippen LogP contribution in [0.25, 0.3) is 0 Å². The van der Waals surface area contributed by atoms with E-state index in [0.717, 1.165) is 11.1 Å². The van der Waals surface area contributed by atoms with Crippen LogP contribution in [-0.2, 0) is 23.1 Å². The van der Waals surface area contributed by atoms with Crippen LogP contribution in [0.15, 0.2) is 36.9 Å². The van der Waals surface area contributed by atoms with Gasteiger partial charge in [-0.25, -0.2) is 13.1 Å². The molecule has 0 amide bonds. The van der Waals surface area contributed by atoms with Gasteiger partial charge in [-0.2, -0.15) is 0 Å². The minimum Gasteiger partial charge on any atom is -0.326 e. The number of nitrogens with two attached hydrogens (primary N) is 1. The molecule has 0 radical (unpaired) electrons. The van der Waals surface area contributed by atoms with E-state index < -0.39 is 10.0 Å². The van der Waals surface area contributed by atoms with Crippen LogP contribution < -0.4 is 10.5 Å². The van der Waals surface area contributed by atoms with Crippen LogP contribution in [0.3, 0.4) is 0 Å². The Balaban J connectivity index is 2.58. The molecule has 1 rings (SSSR count). The number of benzene rings is 1. The monoisotopic (exact) mass is 240 g/mol. The largest absolute Gasteiger partial charge is 0.326 e. The lowest BCUT2D eigenvalue weighted by atomic mass is 10.1. The molecule has 0 saturated carbocycles. The van der Waals surface area contributed by atoms with Crippen molar-refractivity contribution >= 4 is 10.0 Å². The van der Waals surface area contributed by atoms with Crippen LogP contribution >= 0.6 is 0 Å². The SMILES string of the molecule is C=CCS(=O)(=O)NCc1ccc(CN)cc1. The van der Waals surface area contributed by atoms with E-state index in [2.05, 4.69) is 11.3 Å². The van der Waals surface area contributed by atoms with Crippen molar-refractivity contribution < 1.29 is 8.42 Å². The van der Waals surface area contributed by atoms with Crippen LogP contribution in [0.1, 0.15) is 11.1 Å². The first-order valence-electron chi connectivity index (χ1n) is 4.93. The van der Waals surface area contributed by atoms with Crippen LogP contribution in [0, 0.1) is 0 Å². The molecule has 88 valence electrons. The van der Waals surface area contributed by atoms with E-state index in [1.807, 2.05) is 24.3 Å². The van der Waals surface area contributed by atoms with E-state index in [1.54, 1.807) is 0 Å². The van der Waals surface area contributed by atoms with Gasteiger partial charge in [0, 0.05) is 13.1 Å². The zero-order valence-corrected chi connectivity index (χ0v) is 9.83. The third-order valence-corrected chi connectivity index (χ3v) is 3.35. The number of nitrogens with one attached hydrogen (secondary N) is 1. The van der Waals surface area contributed by atoms with E-state index in [-0.39, 0.29) is 5.75 Å². The molecule has 4 nitrogen and oxygen atoms in total. The van der Waals surface area contributed by atoms with Crippen molar-refractivity contribution in [3.8, 4) is 0 Å².